The molecule has 1 aliphatic carbocycles. The number of benzene rings is 1. The normalized spacial score (nSPS) is 14.8. The number of nitrogens with one attached hydrogen (secondary N) is 1. The number of nitrogens with zero attached hydrogens (tertiary/aromatic N) is 1. The molecule has 0 atom stereocenters. The van der Waals surface area contributed by atoms with Gasteiger partial charge in [0.05, 0.1) is 12.8 Å². The molecule has 17 heavy (non-hydrogen) atoms. The predicted octanol–water partition coefficient (Wildman–Crippen LogP) is 2.19. The summed E-state index contributed by atoms with van der Waals surface area (Å²) in [4.78, 5) is 2.25. The Morgan fingerprint density at radius 3 is 2.82 bits per heavy atom. The molecular formula is C14H22N2O. The van der Waals surface area contributed by atoms with Crippen LogP contribution in [0.3, 0.4) is 0 Å². The minimum Gasteiger partial charge on any atom is -0.495 e. The fourth-order valence-corrected chi connectivity index (χ4v) is 1.94. The first-order valence-corrected chi connectivity index (χ1v) is 6.30. The molecule has 0 heterocycles. The van der Waals surface area contributed by atoms with E-state index >= 15 is 0 Å². The monoisotopic (exact) mass is 234 g/mol. The summed E-state index contributed by atoms with van der Waals surface area (Å²) in [6, 6.07) is 7.08. The van der Waals surface area contributed by atoms with Crippen molar-refractivity contribution in [2.24, 2.45) is 0 Å². The van der Waals surface area contributed by atoms with Crippen molar-refractivity contribution >= 4 is 5.69 Å². The van der Waals surface area contributed by atoms with Crippen molar-refractivity contribution in [3.05, 3.63) is 23.8 Å². The summed E-state index contributed by atoms with van der Waals surface area (Å²) < 4.78 is 5.40. The van der Waals surface area contributed by atoms with Crippen LogP contribution in [0.15, 0.2) is 18.2 Å². The maximum Gasteiger partial charge on any atom is 0.142 e. The van der Waals surface area contributed by atoms with E-state index in [0.717, 1.165) is 24.9 Å². The summed E-state index contributed by atoms with van der Waals surface area (Å²) in [5.74, 6) is 0.949. The van der Waals surface area contributed by atoms with Gasteiger partial charge in [0.15, 0.2) is 0 Å². The number of ether oxygens (including phenoxy) is 1. The highest BCUT2D eigenvalue weighted by Crippen LogP contribution is 2.28. The molecule has 3 heteroatoms. The largest absolute Gasteiger partial charge is 0.495 e. The van der Waals surface area contributed by atoms with Crippen LogP contribution in [0.2, 0.25) is 0 Å². The third kappa shape index (κ3) is 3.37. The molecule has 1 saturated carbocycles. The van der Waals surface area contributed by atoms with Crippen molar-refractivity contribution in [2.45, 2.75) is 25.8 Å². The van der Waals surface area contributed by atoms with Gasteiger partial charge in [0.25, 0.3) is 0 Å². The molecule has 0 unspecified atom stereocenters. The lowest BCUT2D eigenvalue weighted by molar-refractivity contribution is 0.414. The van der Waals surface area contributed by atoms with Crippen molar-refractivity contribution in [3.63, 3.8) is 0 Å². The third-order valence-electron chi connectivity index (χ3n) is 3.20. The Bertz CT molecular complexity index is 374. The second-order valence-corrected chi connectivity index (χ2v) is 4.83. The van der Waals surface area contributed by atoms with Crippen molar-refractivity contribution in [1.29, 1.82) is 0 Å². The first-order valence-electron chi connectivity index (χ1n) is 6.30. The van der Waals surface area contributed by atoms with E-state index in [9.17, 15) is 0 Å². The average molecular weight is 234 g/mol. The van der Waals surface area contributed by atoms with Crippen LogP contribution in [0.5, 0.6) is 5.75 Å². The van der Waals surface area contributed by atoms with Crippen LogP contribution >= 0.6 is 0 Å². The number of aryl methyl sites for hydroxylation is 1. The fraction of sp³-hybridized carbons (Fsp3) is 0.571. The molecule has 2 rings (SSSR count). The summed E-state index contributed by atoms with van der Waals surface area (Å²) in [5.41, 5.74) is 2.44. The van der Waals surface area contributed by atoms with E-state index in [1.807, 2.05) is 6.07 Å². The van der Waals surface area contributed by atoms with E-state index in [0.29, 0.717) is 0 Å². The summed E-state index contributed by atoms with van der Waals surface area (Å²) >= 11 is 0. The first kappa shape index (κ1) is 12.2. The molecule has 94 valence electrons. The van der Waals surface area contributed by atoms with Crippen LogP contribution in [0, 0.1) is 6.92 Å². The molecule has 0 aromatic heterocycles. The number of hydrogen-bond acceptors (Lipinski definition) is 3. The number of methoxy groups -OCH3 is 1. The maximum atomic E-state index is 5.40. The molecule has 3 nitrogen and oxygen atoms in total. The number of rotatable bonds is 6. The number of hydrogen-bond donors (Lipinski definition) is 1. The first-order chi connectivity index (χ1) is 8.20. The third-order valence-corrected chi connectivity index (χ3v) is 3.20. The Balaban J connectivity index is 1.95. The van der Waals surface area contributed by atoms with Gasteiger partial charge in [-0.15, -0.1) is 0 Å². The molecule has 1 aromatic rings. The lowest BCUT2D eigenvalue weighted by atomic mass is 10.2. The predicted molar refractivity (Wildman–Crippen MR) is 72.0 cm³/mol. The molecule has 0 bridgehead atoms. The topological polar surface area (TPSA) is 24.5 Å². The van der Waals surface area contributed by atoms with Crippen molar-refractivity contribution in [3.8, 4) is 5.75 Å². The van der Waals surface area contributed by atoms with E-state index in [1.54, 1.807) is 7.11 Å². The molecule has 0 spiro atoms. The number of anilines is 1. The van der Waals surface area contributed by atoms with Gasteiger partial charge in [-0.2, -0.15) is 0 Å². The Labute approximate surface area is 104 Å². The second kappa shape index (κ2) is 5.41. The van der Waals surface area contributed by atoms with Crippen LogP contribution < -0.4 is 15.0 Å². The SMILES string of the molecule is COc1ccc(C)cc1N(C)CCNC1CC1. The zero-order valence-corrected chi connectivity index (χ0v) is 11.0. The Hall–Kier alpha value is -1.22. The van der Waals surface area contributed by atoms with Crippen molar-refractivity contribution in [2.75, 3.05) is 32.1 Å². The van der Waals surface area contributed by atoms with E-state index in [1.165, 1.54) is 24.1 Å². The average Bonchev–Trinajstić information content (AvgIpc) is 3.13. The Kier molecular flexibility index (Phi) is 3.89. The molecule has 1 fully saturated rings. The van der Waals surface area contributed by atoms with E-state index in [4.69, 9.17) is 4.74 Å². The molecule has 0 amide bonds. The minimum atomic E-state index is 0.780. The van der Waals surface area contributed by atoms with Gasteiger partial charge < -0.3 is 15.0 Å². The zero-order chi connectivity index (χ0) is 12.3. The van der Waals surface area contributed by atoms with Crippen molar-refractivity contribution in [1.82, 2.24) is 5.32 Å². The van der Waals surface area contributed by atoms with Gasteiger partial charge in [0.1, 0.15) is 5.75 Å². The minimum absolute atomic E-state index is 0.780. The van der Waals surface area contributed by atoms with Gasteiger partial charge >= 0.3 is 0 Å². The van der Waals surface area contributed by atoms with Crippen LogP contribution in [0.25, 0.3) is 0 Å². The highest BCUT2D eigenvalue weighted by atomic mass is 16.5. The summed E-state index contributed by atoms with van der Waals surface area (Å²) in [6.07, 6.45) is 2.69. The zero-order valence-electron chi connectivity index (χ0n) is 11.0. The highest BCUT2D eigenvalue weighted by molar-refractivity contribution is 5.59. The second-order valence-electron chi connectivity index (χ2n) is 4.83. The van der Waals surface area contributed by atoms with Gasteiger partial charge in [0.2, 0.25) is 0 Å². The van der Waals surface area contributed by atoms with Gasteiger partial charge in [-0.3, -0.25) is 0 Å². The van der Waals surface area contributed by atoms with Gasteiger partial charge in [-0.25, -0.2) is 0 Å². The quantitative estimate of drug-likeness (QED) is 0.816. The van der Waals surface area contributed by atoms with Gasteiger partial charge in [-0.1, -0.05) is 6.07 Å². The van der Waals surface area contributed by atoms with Crippen LogP contribution in [-0.2, 0) is 0 Å². The lowest BCUT2D eigenvalue weighted by Gasteiger charge is -2.22. The Morgan fingerprint density at radius 2 is 2.18 bits per heavy atom. The highest BCUT2D eigenvalue weighted by Gasteiger charge is 2.20. The molecule has 1 aliphatic rings. The molecule has 0 aliphatic heterocycles. The van der Waals surface area contributed by atoms with Crippen molar-refractivity contribution < 1.29 is 4.74 Å². The molecule has 1 aromatic carbocycles. The molecule has 0 saturated heterocycles. The summed E-state index contributed by atoms with van der Waals surface area (Å²) in [5, 5.41) is 3.53. The van der Waals surface area contributed by atoms with Crippen LogP contribution in [0.4, 0.5) is 5.69 Å². The lowest BCUT2D eigenvalue weighted by Crippen LogP contribution is -2.30. The molecule has 0 radical (unpaired) electrons. The summed E-state index contributed by atoms with van der Waals surface area (Å²) in [6.45, 7) is 4.16. The van der Waals surface area contributed by atoms with E-state index < -0.39 is 0 Å². The molecule has 1 N–H and O–H groups in total. The standard InChI is InChI=1S/C14H22N2O/c1-11-4-7-14(17-3)13(10-11)16(2)9-8-15-12-5-6-12/h4,7,10,12,15H,5-6,8-9H2,1-3H3. The Morgan fingerprint density at radius 1 is 1.41 bits per heavy atom. The van der Waals surface area contributed by atoms with Gasteiger partial charge in [-0.05, 0) is 37.5 Å². The smallest absolute Gasteiger partial charge is 0.142 e. The molecular weight excluding hydrogens is 212 g/mol. The summed E-state index contributed by atoms with van der Waals surface area (Å²) in [7, 11) is 3.84. The fourth-order valence-electron chi connectivity index (χ4n) is 1.94. The van der Waals surface area contributed by atoms with Crippen LogP contribution in [0.1, 0.15) is 18.4 Å². The van der Waals surface area contributed by atoms with Crippen LogP contribution in [-0.4, -0.2) is 33.3 Å². The number of likely N-dealkylation sites (N-methyl/N-ethyl adjacent to an activating group) is 1. The van der Waals surface area contributed by atoms with Gasteiger partial charge in [0, 0.05) is 26.2 Å². The van der Waals surface area contributed by atoms with E-state index in [2.05, 4.69) is 36.3 Å². The van der Waals surface area contributed by atoms with E-state index in [-0.39, 0.29) is 0 Å². The maximum absolute atomic E-state index is 5.40.